The van der Waals surface area contributed by atoms with Crippen molar-refractivity contribution in [2.24, 2.45) is 0 Å². The maximum absolute atomic E-state index is 13.4. The standard InChI is InChI=1S/C14H21FN2O3/c1-2-20-9-5-8-16-14(19)17-10-13(18)11-6-3-4-7-12(11)15/h3-4,6-7,13,18H,2,5,8-10H2,1H3,(H2,16,17,19). The highest BCUT2D eigenvalue weighted by Crippen LogP contribution is 2.15. The third-order valence-corrected chi connectivity index (χ3v) is 2.68. The van der Waals surface area contributed by atoms with Gasteiger partial charge in [-0.25, -0.2) is 9.18 Å². The number of aliphatic hydroxyl groups is 1. The summed E-state index contributed by atoms with van der Waals surface area (Å²) in [5, 5.41) is 14.9. The minimum atomic E-state index is -1.06. The quantitative estimate of drug-likeness (QED) is 0.635. The highest BCUT2D eigenvalue weighted by molar-refractivity contribution is 5.73. The van der Waals surface area contributed by atoms with E-state index in [9.17, 15) is 14.3 Å². The van der Waals surface area contributed by atoms with Crippen LogP contribution in [-0.2, 0) is 4.74 Å². The minimum absolute atomic E-state index is 0.0434. The molecule has 1 aromatic carbocycles. The Bertz CT molecular complexity index is 415. The summed E-state index contributed by atoms with van der Waals surface area (Å²) in [5.74, 6) is -0.487. The van der Waals surface area contributed by atoms with E-state index < -0.39 is 18.0 Å². The van der Waals surface area contributed by atoms with Crippen molar-refractivity contribution in [2.75, 3.05) is 26.3 Å². The number of benzene rings is 1. The maximum atomic E-state index is 13.4. The van der Waals surface area contributed by atoms with Gasteiger partial charge in [0.1, 0.15) is 5.82 Å². The van der Waals surface area contributed by atoms with Crippen LogP contribution >= 0.6 is 0 Å². The van der Waals surface area contributed by atoms with Crippen LogP contribution in [0, 0.1) is 5.82 Å². The highest BCUT2D eigenvalue weighted by atomic mass is 19.1. The lowest BCUT2D eigenvalue weighted by atomic mass is 10.1. The predicted molar refractivity (Wildman–Crippen MR) is 73.9 cm³/mol. The van der Waals surface area contributed by atoms with Crippen molar-refractivity contribution in [3.8, 4) is 0 Å². The number of carbonyl (C=O) groups excluding carboxylic acids is 1. The molecule has 0 saturated carbocycles. The van der Waals surface area contributed by atoms with Crippen molar-refractivity contribution in [1.82, 2.24) is 10.6 Å². The van der Waals surface area contributed by atoms with Gasteiger partial charge in [-0.15, -0.1) is 0 Å². The number of carbonyl (C=O) groups is 1. The fourth-order valence-electron chi connectivity index (χ4n) is 1.63. The van der Waals surface area contributed by atoms with E-state index in [2.05, 4.69) is 10.6 Å². The van der Waals surface area contributed by atoms with Gasteiger partial charge < -0.3 is 20.5 Å². The zero-order chi connectivity index (χ0) is 14.8. The average molecular weight is 284 g/mol. The second-order valence-electron chi connectivity index (χ2n) is 4.22. The summed E-state index contributed by atoms with van der Waals surface area (Å²) in [5.41, 5.74) is 0.171. The third kappa shape index (κ3) is 5.99. The molecule has 0 fully saturated rings. The Morgan fingerprint density at radius 2 is 2.15 bits per heavy atom. The van der Waals surface area contributed by atoms with Crippen molar-refractivity contribution in [1.29, 1.82) is 0 Å². The molecule has 5 nitrogen and oxygen atoms in total. The van der Waals surface area contributed by atoms with Crippen molar-refractivity contribution in [3.05, 3.63) is 35.6 Å². The summed E-state index contributed by atoms with van der Waals surface area (Å²) in [6.45, 7) is 3.60. The second-order valence-corrected chi connectivity index (χ2v) is 4.22. The van der Waals surface area contributed by atoms with Crippen molar-refractivity contribution in [3.63, 3.8) is 0 Å². The molecule has 1 unspecified atom stereocenters. The lowest BCUT2D eigenvalue weighted by Gasteiger charge is -2.13. The lowest BCUT2D eigenvalue weighted by molar-refractivity contribution is 0.144. The van der Waals surface area contributed by atoms with Crippen LogP contribution in [0.15, 0.2) is 24.3 Å². The molecule has 1 rings (SSSR count). The van der Waals surface area contributed by atoms with Crippen LogP contribution in [0.5, 0.6) is 0 Å². The molecule has 0 aliphatic heterocycles. The summed E-state index contributed by atoms with van der Waals surface area (Å²) in [6, 6.07) is 5.55. The van der Waals surface area contributed by atoms with Crippen LogP contribution in [-0.4, -0.2) is 37.4 Å². The molecule has 0 radical (unpaired) electrons. The Balaban J connectivity index is 2.22. The van der Waals surface area contributed by atoms with Crippen LogP contribution < -0.4 is 10.6 Å². The van der Waals surface area contributed by atoms with Gasteiger partial charge in [-0.3, -0.25) is 0 Å². The number of aliphatic hydroxyl groups excluding tert-OH is 1. The van der Waals surface area contributed by atoms with Crippen LogP contribution in [0.3, 0.4) is 0 Å². The molecule has 0 aliphatic rings. The van der Waals surface area contributed by atoms with E-state index in [1.807, 2.05) is 6.92 Å². The van der Waals surface area contributed by atoms with Gasteiger partial charge >= 0.3 is 6.03 Å². The van der Waals surface area contributed by atoms with E-state index in [4.69, 9.17) is 4.74 Å². The van der Waals surface area contributed by atoms with E-state index in [0.29, 0.717) is 19.8 Å². The molecule has 0 spiro atoms. The molecule has 0 heterocycles. The largest absolute Gasteiger partial charge is 0.386 e. The van der Waals surface area contributed by atoms with E-state index in [1.165, 1.54) is 12.1 Å². The fourth-order valence-corrected chi connectivity index (χ4v) is 1.63. The monoisotopic (exact) mass is 284 g/mol. The molecule has 1 atom stereocenters. The number of amides is 2. The Morgan fingerprint density at radius 3 is 2.85 bits per heavy atom. The number of halogens is 1. The number of hydrogen-bond acceptors (Lipinski definition) is 3. The topological polar surface area (TPSA) is 70.6 Å². The predicted octanol–water partition coefficient (Wildman–Crippen LogP) is 1.58. The van der Waals surface area contributed by atoms with Crippen molar-refractivity contribution < 1.29 is 19.0 Å². The fraction of sp³-hybridized carbons (Fsp3) is 0.500. The molecule has 3 N–H and O–H groups in total. The van der Waals surface area contributed by atoms with E-state index in [0.717, 1.165) is 6.42 Å². The SMILES string of the molecule is CCOCCCNC(=O)NCC(O)c1ccccc1F. The van der Waals surface area contributed by atoms with Crippen molar-refractivity contribution in [2.45, 2.75) is 19.4 Å². The van der Waals surface area contributed by atoms with Gasteiger partial charge in [-0.2, -0.15) is 0 Å². The summed E-state index contributed by atoms with van der Waals surface area (Å²) in [7, 11) is 0. The first-order valence-electron chi connectivity index (χ1n) is 6.67. The van der Waals surface area contributed by atoms with Gasteiger partial charge in [0.05, 0.1) is 6.10 Å². The zero-order valence-corrected chi connectivity index (χ0v) is 11.6. The number of urea groups is 1. The Morgan fingerprint density at radius 1 is 1.40 bits per heavy atom. The summed E-state index contributed by atoms with van der Waals surface area (Å²) < 4.78 is 18.5. The minimum Gasteiger partial charge on any atom is -0.386 e. The van der Waals surface area contributed by atoms with Crippen LogP contribution in [0.1, 0.15) is 25.0 Å². The molecular weight excluding hydrogens is 263 g/mol. The van der Waals surface area contributed by atoms with E-state index in [-0.39, 0.29) is 12.1 Å². The number of nitrogens with one attached hydrogen (secondary N) is 2. The molecule has 1 aromatic rings. The van der Waals surface area contributed by atoms with Crippen LogP contribution in [0.4, 0.5) is 9.18 Å². The van der Waals surface area contributed by atoms with Gasteiger partial charge in [0.15, 0.2) is 0 Å². The summed E-state index contributed by atoms with van der Waals surface area (Å²) in [4.78, 5) is 11.4. The smallest absolute Gasteiger partial charge is 0.314 e. The Kier molecular flexibility index (Phi) is 7.60. The molecule has 0 aliphatic carbocycles. The Labute approximate surface area is 118 Å². The zero-order valence-electron chi connectivity index (χ0n) is 11.6. The van der Waals surface area contributed by atoms with Gasteiger partial charge in [-0.05, 0) is 19.4 Å². The second kappa shape index (κ2) is 9.28. The first-order chi connectivity index (χ1) is 9.65. The van der Waals surface area contributed by atoms with Gasteiger partial charge in [-0.1, -0.05) is 18.2 Å². The highest BCUT2D eigenvalue weighted by Gasteiger charge is 2.12. The number of ether oxygens (including phenoxy) is 1. The van der Waals surface area contributed by atoms with Crippen LogP contribution in [0.2, 0.25) is 0 Å². The maximum Gasteiger partial charge on any atom is 0.314 e. The molecule has 6 heteroatoms. The van der Waals surface area contributed by atoms with Gasteiger partial charge in [0, 0.05) is 31.9 Å². The Hall–Kier alpha value is -1.66. The number of hydrogen-bond donors (Lipinski definition) is 3. The average Bonchev–Trinajstić information content (AvgIpc) is 2.45. The normalized spacial score (nSPS) is 11.9. The molecule has 2 amide bonds. The van der Waals surface area contributed by atoms with Crippen LogP contribution in [0.25, 0.3) is 0 Å². The first kappa shape index (κ1) is 16.4. The molecule has 0 bridgehead atoms. The molecular formula is C14H21FN2O3. The number of rotatable bonds is 8. The van der Waals surface area contributed by atoms with Gasteiger partial charge in [0.2, 0.25) is 0 Å². The lowest BCUT2D eigenvalue weighted by Crippen LogP contribution is -2.38. The summed E-state index contributed by atoms with van der Waals surface area (Å²) >= 11 is 0. The molecule has 20 heavy (non-hydrogen) atoms. The third-order valence-electron chi connectivity index (χ3n) is 2.68. The summed E-state index contributed by atoms with van der Waals surface area (Å²) in [6.07, 6.45) is -0.345. The van der Waals surface area contributed by atoms with Crippen molar-refractivity contribution >= 4 is 6.03 Å². The molecule has 0 saturated heterocycles. The van der Waals surface area contributed by atoms with E-state index in [1.54, 1.807) is 12.1 Å². The molecule has 0 aromatic heterocycles. The first-order valence-corrected chi connectivity index (χ1v) is 6.67. The molecule has 112 valence electrons. The van der Waals surface area contributed by atoms with E-state index >= 15 is 0 Å². The van der Waals surface area contributed by atoms with Gasteiger partial charge in [0.25, 0.3) is 0 Å².